The molecule has 0 spiro atoms. The van der Waals surface area contributed by atoms with Crippen LogP contribution in [0, 0.1) is 0 Å². The first-order valence-corrected chi connectivity index (χ1v) is 13.1. The Kier molecular flexibility index (Phi) is 7.93. The standard InChI is InChI=1S/C26H28N6O5S/c1-16(27-2)26(33)29-17-8-7-9-21(14-17)38(34,35)32-25-24(30-22-10-5-6-11-23(22)31-25)28-18-12-19(36-3)15-20(13-18)37-4/h5-16,27H,1-4H3,(H,28,30)(H,29,33)(H,31,32)/t16-/m1/s1. The number of aromatic nitrogens is 2. The van der Waals surface area contributed by atoms with Crippen LogP contribution in [0.4, 0.5) is 23.0 Å². The van der Waals surface area contributed by atoms with Crippen LogP contribution in [0.1, 0.15) is 6.92 Å². The highest BCUT2D eigenvalue weighted by Crippen LogP contribution is 2.31. The van der Waals surface area contributed by atoms with Gasteiger partial charge < -0.3 is 25.4 Å². The van der Waals surface area contributed by atoms with E-state index in [1.54, 1.807) is 62.5 Å². The lowest BCUT2D eigenvalue weighted by Gasteiger charge is -2.16. The maximum absolute atomic E-state index is 13.4. The van der Waals surface area contributed by atoms with Crippen LogP contribution in [-0.4, -0.2) is 51.6 Å². The SMILES string of the molecule is CN[C@H](C)C(=O)Nc1cccc(S(=O)(=O)Nc2nc3ccccc3nc2Nc2cc(OC)cc(OC)c2)c1. The van der Waals surface area contributed by atoms with E-state index in [1.807, 2.05) is 6.07 Å². The van der Waals surface area contributed by atoms with Crippen LogP contribution in [0.25, 0.3) is 11.0 Å². The third-order valence-electron chi connectivity index (χ3n) is 5.65. The fraction of sp³-hybridized carbons (Fsp3) is 0.192. The summed E-state index contributed by atoms with van der Waals surface area (Å²) in [5.41, 5.74) is 1.96. The van der Waals surface area contributed by atoms with E-state index in [1.165, 1.54) is 26.4 Å². The average Bonchev–Trinajstić information content (AvgIpc) is 2.92. The Hall–Kier alpha value is -4.42. The Bertz CT molecular complexity index is 1560. The number of ether oxygens (including phenoxy) is 2. The first-order valence-electron chi connectivity index (χ1n) is 11.6. The molecule has 4 rings (SSSR count). The molecule has 0 aliphatic heterocycles. The Morgan fingerprint density at radius 1 is 0.842 bits per heavy atom. The Morgan fingerprint density at radius 3 is 2.08 bits per heavy atom. The topological polar surface area (TPSA) is 144 Å². The lowest BCUT2D eigenvalue weighted by atomic mass is 10.2. The molecule has 0 saturated heterocycles. The van der Waals surface area contributed by atoms with Crippen LogP contribution < -0.4 is 30.1 Å². The van der Waals surface area contributed by atoms with Crippen molar-refractivity contribution >= 4 is 50.0 Å². The molecular formula is C26H28N6O5S. The third-order valence-corrected chi connectivity index (χ3v) is 6.99. The fourth-order valence-corrected chi connectivity index (χ4v) is 4.54. The van der Waals surface area contributed by atoms with Crippen molar-refractivity contribution in [2.45, 2.75) is 17.9 Å². The lowest BCUT2D eigenvalue weighted by molar-refractivity contribution is -0.117. The average molecular weight is 537 g/mol. The number of carbonyl (C=O) groups excluding carboxylic acids is 1. The largest absolute Gasteiger partial charge is 0.497 e. The predicted octanol–water partition coefficient (Wildman–Crippen LogP) is 3.74. The molecular weight excluding hydrogens is 508 g/mol. The molecule has 1 heterocycles. The molecule has 1 amide bonds. The number of likely N-dealkylation sites (N-methyl/N-ethyl adjacent to an activating group) is 1. The number of anilines is 4. The molecule has 0 saturated carbocycles. The smallest absolute Gasteiger partial charge is 0.263 e. The summed E-state index contributed by atoms with van der Waals surface area (Å²) in [5, 5.41) is 8.66. The molecule has 0 bridgehead atoms. The number of rotatable bonds is 10. The number of para-hydroxylation sites is 2. The molecule has 1 atom stereocenters. The number of hydrogen-bond acceptors (Lipinski definition) is 9. The Labute approximate surface area is 220 Å². The molecule has 0 fully saturated rings. The van der Waals surface area contributed by atoms with E-state index in [-0.39, 0.29) is 22.4 Å². The number of methoxy groups -OCH3 is 2. The second-order valence-corrected chi connectivity index (χ2v) is 9.95. The van der Waals surface area contributed by atoms with Gasteiger partial charge in [-0.15, -0.1) is 0 Å². The molecule has 0 aliphatic carbocycles. The van der Waals surface area contributed by atoms with Gasteiger partial charge in [0.25, 0.3) is 10.0 Å². The van der Waals surface area contributed by atoms with Crippen LogP contribution in [0.3, 0.4) is 0 Å². The van der Waals surface area contributed by atoms with Crippen molar-refractivity contribution < 1.29 is 22.7 Å². The zero-order valence-electron chi connectivity index (χ0n) is 21.3. The van der Waals surface area contributed by atoms with Gasteiger partial charge in [0.15, 0.2) is 11.6 Å². The quantitative estimate of drug-likeness (QED) is 0.238. The molecule has 4 aromatic rings. The summed E-state index contributed by atoms with van der Waals surface area (Å²) in [6.45, 7) is 1.70. The van der Waals surface area contributed by atoms with Crippen LogP contribution in [0.15, 0.2) is 71.6 Å². The molecule has 4 N–H and O–H groups in total. The summed E-state index contributed by atoms with van der Waals surface area (Å²) in [5.74, 6) is 0.942. The summed E-state index contributed by atoms with van der Waals surface area (Å²) < 4.78 is 40.0. The molecule has 0 radical (unpaired) electrons. The number of fused-ring (bicyclic) bond motifs is 1. The van der Waals surface area contributed by atoms with Gasteiger partial charge in [0.05, 0.1) is 36.2 Å². The van der Waals surface area contributed by atoms with E-state index in [0.717, 1.165) is 0 Å². The Balaban J connectivity index is 1.71. The van der Waals surface area contributed by atoms with Crippen molar-refractivity contribution in [1.29, 1.82) is 0 Å². The van der Waals surface area contributed by atoms with E-state index >= 15 is 0 Å². The van der Waals surface area contributed by atoms with Crippen LogP contribution >= 0.6 is 0 Å². The number of hydrogen-bond donors (Lipinski definition) is 4. The minimum absolute atomic E-state index is 0.0104. The molecule has 11 nitrogen and oxygen atoms in total. The van der Waals surface area contributed by atoms with Gasteiger partial charge in [0, 0.05) is 29.6 Å². The second-order valence-electron chi connectivity index (χ2n) is 8.27. The van der Waals surface area contributed by atoms with Crippen LogP contribution in [0.5, 0.6) is 11.5 Å². The van der Waals surface area contributed by atoms with Gasteiger partial charge in [0.1, 0.15) is 11.5 Å². The third kappa shape index (κ3) is 6.10. The lowest BCUT2D eigenvalue weighted by Crippen LogP contribution is -2.35. The maximum Gasteiger partial charge on any atom is 0.263 e. The summed E-state index contributed by atoms with van der Waals surface area (Å²) in [4.78, 5) is 21.3. The zero-order valence-corrected chi connectivity index (χ0v) is 22.1. The molecule has 0 unspecified atom stereocenters. The summed E-state index contributed by atoms with van der Waals surface area (Å²) in [6.07, 6.45) is 0. The van der Waals surface area contributed by atoms with E-state index in [0.29, 0.717) is 33.9 Å². The second kappa shape index (κ2) is 11.3. The van der Waals surface area contributed by atoms with Crippen molar-refractivity contribution in [2.24, 2.45) is 0 Å². The van der Waals surface area contributed by atoms with Gasteiger partial charge in [-0.25, -0.2) is 18.4 Å². The highest BCUT2D eigenvalue weighted by molar-refractivity contribution is 7.92. The van der Waals surface area contributed by atoms with Crippen molar-refractivity contribution in [3.8, 4) is 11.5 Å². The number of nitrogens with one attached hydrogen (secondary N) is 4. The molecule has 3 aromatic carbocycles. The maximum atomic E-state index is 13.4. The van der Waals surface area contributed by atoms with Crippen LogP contribution in [0.2, 0.25) is 0 Å². The van der Waals surface area contributed by atoms with E-state index in [2.05, 4.69) is 30.6 Å². The molecule has 198 valence electrons. The van der Waals surface area contributed by atoms with Gasteiger partial charge in [-0.05, 0) is 44.3 Å². The number of amides is 1. The van der Waals surface area contributed by atoms with Gasteiger partial charge in [-0.1, -0.05) is 18.2 Å². The number of sulfonamides is 1. The minimum atomic E-state index is -4.12. The molecule has 1 aromatic heterocycles. The van der Waals surface area contributed by atoms with Crippen molar-refractivity contribution in [3.63, 3.8) is 0 Å². The molecule has 12 heteroatoms. The van der Waals surface area contributed by atoms with Gasteiger partial charge >= 0.3 is 0 Å². The monoisotopic (exact) mass is 536 g/mol. The number of benzene rings is 3. The number of carbonyl (C=O) groups is 1. The summed E-state index contributed by atoms with van der Waals surface area (Å²) >= 11 is 0. The van der Waals surface area contributed by atoms with Gasteiger partial charge in [-0.2, -0.15) is 0 Å². The highest BCUT2D eigenvalue weighted by atomic mass is 32.2. The van der Waals surface area contributed by atoms with E-state index < -0.39 is 16.1 Å². The van der Waals surface area contributed by atoms with Gasteiger partial charge in [-0.3, -0.25) is 9.52 Å². The molecule has 0 aliphatic rings. The highest BCUT2D eigenvalue weighted by Gasteiger charge is 2.20. The normalized spacial score (nSPS) is 12.0. The fourth-order valence-electron chi connectivity index (χ4n) is 3.48. The molecule has 38 heavy (non-hydrogen) atoms. The van der Waals surface area contributed by atoms with Crippen molar-refractivity contribution in [2.75, 3.05) is 36.6 Å². The van der Waals surface area contributed by atoms with Crippen molar-refractivity contribution in [3.05, 3.63) is 66.7 Å². The van der Waals surface area contributed by atoms with E-state index in [4.69, 9.17) is 9.47 Å². The predicted molar refractivity (Wildman–Crippen MR) is 147 cm³/mol. The van der Waals surface area contributed by atoms with Crippen molar-refractivity contribution in [1.82, 2.24) is 15.3 Å². The Morgan fingerprint density at radius 2 is 1.47 bits per heavy atom. The first kappa shape index (κ1) is 26.6. The zero-order chi connectivity index (χ0) is 27.3. The van der Waals surface area contributed by atoms with Gasteiger partial charge in [0.2, 0.25) is 5.91 Å². The summed E-state index contributed by atoms with van der Waals surface area (Å²) in [6, 6.07) is 17.8. The minimum Gasteiger partial charge on any atom is -0.497 e. The van der Waals surface area contributed by atoms with E-state index in [9.17, 15) is 13.2 Å². The first-order chi connectivity index (χ1) is 18.2. The number of nitrogens with zero attached hydrogens (tertiary/aromatic N) is 2. The summed E-state index contributed by atoms with van der Waals surface area (Å²) in [7, 11) is 0.608. The van der Waals surface area contributed by atoms with Crippen LogP contribution in [-0.2, 0) is 14.8 Å².